The molecule has 0 aliphatic carbocycles. The lowest BCUT2D eigenvalue weighted by molar-refractivity contribution is -0.120. The van der Waals surface area contributed by atoms with Crippen molar-refractivity contribution in [3.63, 3.8) is 0 Å². The highest BCUT2D eigenvalue weighted by Gasteiger charge is 2.12. The highest BCUT2D eigenvalue weighted by atomic mass is 35.5. The molecule has 0 saturated carbocycles. The lowest BCUT2D eigenvalue weighted by Crippen LogP contribution is -2.25. The maximum atomic E-state index is 12.3. The standard InChI is InChI=1S/C21H22ClN3O3/c1-2-3-11-27-20-16(5-4-10-23-20)13-24-19(26)12-18-14-28-21(25-18)15-6-8-17(22)9-7-15/h4-10,14H,2-3,11-13H2,1H3,(H,24,26). The molecule has 28 heavy (non-hydrogen) atoms. The topological polar surface area (TPSA) is 77.2 Å². The number of rotatable bonds is 9. The third-order valence-electron chi connectivity index (χ3n) is 4.05. The van der Waals surface area contributed by atoms with Gasteiger partial charge in [-0.05, 0) is 36.8 Å². The first kappa shape index (κ1) is 19.9. The highest BCUT2D eigenvalue weighted by Crippen LogP contribution is 2.21. The lowest BCUT2D eigenvalue weighted by Gasteiger charge is -2.10. The molecule has 0 unspecified atom stereocenters. The van der Waals surface area contributed by atoms with Gasteiger partial charge in [-0.2, -0.15) is 0 Å². The number of aromatic nitrogens is 2. The van der Waals surface area contributed by atoms with E-state index in [1.807, 2.05) is 24.3 Å². The van der Waals surface area contributed by atoms with Gasteiger partial charge in [0.1, 0.15) is 6.26 Å². The lowest BCUT2D eigenvalue weighted by atomic mass is 10.2. The molecule has 6 nitrogen and oxygen atoms in total. The second-order valence-electron chi connectivity index (χ2n) is 6.27. The van der Waals surface area contributed by atoms with E-state index >= 15 is 0 Å². The summed E-state index contributed by atoms with van der Waals surface area (Å²) < 4.78 is 11.2. The number of amides is 1. The van der Waals surface area contributed by atoms with E-state index in [-0.39, 0.29) is 12.3 Å². The molecule has 0 radical (unpaired) electrons. The van der Waals surface area contributed by atoms with E-state index in [0.717, 1.165) is 24.0 Å². The first-order valence-corrected chi connectivity index (χ1v) is 9.57. The van der Waals surface area contributed by atoms with Crippen molar-refractivity contribution < 1.29 is 13.9 Å². The van der Waals surface area contributed by atoms with Gasteiger partial charge in [-0.1, -0.05) is 31.0 Å². The van der Waals surface area contributed by atoms with Crippen molar-refractivity contribution in [3.8, 4) is 17.3 Å². The molecule has 3 aromatic rings. The van der Waals surface area contributed by atoms with E-state index in [0.29, 0.717) is 35.6 Å². The number of oxazole rings is 1. The Bertz CT molecular complexity index is 909. The van der Waals surface area contributed by atoms with Gasteiger partial charge >= 0.3 is 0 Å². The second-order valence-corrected chi connectivity index (χ2v) is 6.71. The normalized spacial score (nSPS) is 10.6. The molecule has 1 amide bonds. The van der Waals surface area contributed by atoms with E-state index in [1.165, 1.54) is 6.26 Å². The Morgan fingerprint density at radius 2 is 2.07 bits per heavy atom. The van der Waals surface area contributed by atoms with Crippen LogP contribution in [0.3, 0.4) is 0 Å². The molecule has 0 fully saturated rings. The summed E-state index contributed by atoms with van der Waals surface area (Å²) in [4.78, 5) is 20.9. The van der Waals surface area contributed by atoms with Gasteiger partial charge < -0.3 is 14.5 Å². The third-order valence-corrected chi connectivity index (χ3v) is 4.30. The third kappa shape index (κ3) is 5.57. The van der Waals surface area contributed by atoms with Crippen LogP contribution in [-0.4, -0.2) is 22.5 Å². The van der Waals surface area contributed by atoms with Crippen molar-refractivity contribution in [1.29, 1.82) is 0 Å². The van der Waals surface area contributed by atoms with Crippen LogP contribution in [0.1, 0.15) is 31.0 Å². The quantitative estimate of drug-likeness (QED) is 0.538. The smallest absolute Gasteiger partial charge is 0.226 e. The molecule has 0 aliphatic rings. The number of unbranched alkanes of at least 4 members (excludes halogenated alkanes) is 1. The molecule has 7 heteroatoms. The first-order chi connectivity index (χ1) is 13.7. The van der Waals surface area contributed by atoms with Gasteiger partial charge in [-0.15, -0.1) is 0 Å². The summed E-state index contributed by atoms with van der Waals surface area (Å²) >= 11 is 5.89. The molecule has 2 aromatic heterocycles. The number of halogens is 1. The number of hydrogen-bond donors (Lipinski definition) is 1. The Labute approximate surface area is 168 Å². The fourth-order valence-electron chi connectivity index (χ4n) is 2.54. The maximum Gasteiger partial charge on any atom is 0.226 e. The molecule has 3 rings (SSSR count). The van der Waals surface area contributed by atoms with Crippen LogP contribution >= 0.6 is 11.6 Å². The van der Waals surface area contributed by atoms with Crippen molar-refractivity contribution in [2.24, 2.45) is 0 Å². The summed E-state index contributed by atoms with van der Waals surface area (Å²) in [6.45, 7) is 3.06. The van der Waals surface area contributed by atoms with Crippen LogP contribution in [0, 0.1) is 0 Å². The molecule has 1 N–H and O–H groups in total. The summed E-state index contributed by atoms with van der Waals surface area (Å²) in [7, 11) is 0. The SMILES string of the molecule is CCCCOc1ncccc1CNC(=O)Cc1coc(-c2ccc(Cl)cc2)n1. The van der Waals surface area contributed by atoms with Crippen LogP contribution in [0.2, 0.25) is 5.02 Å². The largest absolute Gasteiger partial charge is 0.477 e. The van der Waals surface area contributed by atoms with Crippen LogP contribution in [0.15, 0.2) is 53.3 Å². The van der Waals surface area contributed by atoms with Crippen molar-refractivity contribution >= 4 is 17.5 Å². The summed E-state index contributed by atoms with van der Waals surface area (Å²) in [5.74, 6) is 0.861. The predicted octanol–water partition coefficient (Wildman–Crippen LogP) is 4.43. The van der Waals surface area contributed by atoms with Gasteiger partial charge in [0.15, 0.2) is 0 Å². The molecular formula is C21H22ClN3O3. The zero-order valence-electron chi connectivity index (χ0n) is 15.7. The number of ether oxygens (including phenoxy) is 1. The maximum absolute atomic E-state index is 12.3. The summed E-state index contributed by atoms with van der Waals surface area (Å²) in [6, 6.07) is 10.9. The fraction of sp³-hybridized carbons (Fsp3) is 0.286. The van der Waals surface area contributed by atoms with Crippen LogP contribution in [0.25, 0.3) is 11.5 Å². The van der Waals surface area contributed by atoms with E-state index in [9.17, 15) is 4.79 Å². The molecule has 1 aromatic carbocycles. The number of carbonyl (C=O) groups is 1. The van der Waals surface area contributed by atoms with Gasteiger partial charge in [0.2, 0.25) is 17.7 Å². The van der Waals surface area contributed by atoms with E-state index in [2.05, 4.69) is 22.2 Å². The minimum Gasteiger partial charge on any atom is -0.477 e. The molecule has 0 spiro atoms. The minimum atomic E-state index is -0.153. The van der Waals surface area contributed by atoms with Gasteiger partial charge in [0.05, 0.1) is 18.7 Å². The summed E-state index contributed by atoms with van der Waals surface area (Å²) in [6.07, 6.45) is 5.32. The molecule has 0 bridgehead atoms. The molecular weight excluding hydrogens is 378 g/mol. The first-order valence-electron chi connectivity index (χ1n) is 9.19. The van der Waals surface area contributed by atoms with E-state index < -0.39 is 0 Å². The number of carbonyl (C=O) groups excluding carboxylic acids is 1. The van der Waals surface area contributed by atoms with Gasteiger partial charge in [0.25, 0.3) is 0 Å². The van der Waals surface area contributed by atoms with Crippen LogP contribution in [0.5, 0.6) is 5.88 Å². The average Bonchev–Trinajstić information content (AvgIpc) is 3.16. The number of benzene rings is 1. The van der Waals surface area contributed by atoms with Crippen molar-refractivity contribution in [2.45, 2.75) is 32.7 Å². The molecule has 0 saturated heterocycles. The number of nitrogens with zero attached hydrogens (tertiary/aromatic N) is 2. The van der Waals surface area contributed by atoms with Gasteiger partial charge in [0, 0.05) is 28.9 Å². The van der Waals surface area contributed by atoms with Crippen LogP contribution < -0.4 is 10.1 Å². The molecule has 146 valence electrons. The predicted molar refractivity (Wildman–Crippen MR) is 107 cm³/mol. The molecule has 0 aliphatic heterocycles. The van der Waals surface area contributed by atoms with Crippen molar-refractivity contribution in [1.82, 2.24) is 15.3 Å². The Hall–Kier alpha value is -2.86. The highest BCUT2D eigenvalue weighted by molar-refractivity contribution is 6.30. The second kappa shape index (κ2) is 9.90. The minimum absolute atomic E-state index is 0.128. The van der Waals surface area contributed by atoms with Crippen molar-refractivity contribution in [2.75, 3.05) is 6.61 Å². The average molecular weight is 400 g/mol. The van der Waals surface area contributed by atoms with Crippen molar-refractivity contribution in [3.05, 3.63) is 65.1 Å². The zero-order chi connectivity index (χ0) is 19.8. The summed E-state index contributed by atoms with van der Waals surface area (Å²) in [5.41, 5.74) is 2.21. The Kier molecular flexibility index (Phi) is 7.03. The zero-order valence-corrected chi connectivity index (χ0v) is 16.4. The monoisotopic (exact) mass is 399 g/mol. The summed E-state index contributed by atoms with van der Waals surface area (Å²) in [5, 5.41) is 3.52. The molecule has 2 heterocycles. The number of pyridine rings is 1. The molecule has 0 atom stereocenters. The number of nitrogens with one attached hydrogen (secondary N) is 1. The number of hydrogen-bond acceptors (Lipinski definition) is 5. The van der Waals surface area contributed by atoms with E-state index in [4.69, 9.17) is 20.8 Å². The fourth-order valence-corrected chi connectivity index (χ4v) is 2.66. The van der Waals surface area contributed by atoms with Gasteiger partial charge in [-0.3, -0.25) is 4.79 Å². The van der Waals surface area contributed by atoms with Crippen LogP contribution in [-0.2, 0) is 17.8 Å². The Balaban J connectivity index is 1.55. The van der Waals surface area contributed by atoms with E-state index in [1.54, 1.807) is 18.3 Å². The van der Waals surface area contributed by atoms with Crippen LogP contribution in [0.4, 0.5) is 0 Å². The van der Waals surface area contributed by atoms with Gasteiger partial charge in [-0.25, -0.2) is 9.97 Å². The Morgan fingerprint density at radius 1 is 1.25 bits per heavy atom. The Morgan fingerprint density at radius 3 is 2.86 bits per heavy atom.